The Bertz CT molecular complexity index is 703. The SMILES string of the molecule is C1=C[C@@H]2[C@H](C1)[C@@H]1NN3[C@@H]4[C@H]5C[C@@H]([C@@H]4Sc4ccccc4)[C@@H]1[C@H]5[C@@H]23. The van der Waals surface area contributed by atoms with E-state index in [9.17, 15) is 0 Å². The van der Waals surface area contributed by atoms with Gasteiger partial charge >= 0.3 is 0 Å². The van der Waals surface area contributed by atoms with Crippen LogP contribution in [0.3, 0.4) is 0 Å². The number of thioether (sulfide) groups is 1. The zero-order valence-corrected chi connectivity index (χ0v) is 13.9. The zero-order chi connectivity index (χ0) is 14.7. The number of hydrogen-bond acceptors (Lipinski definition) is 3. The van der Waals surface area contributed by atoms with E-state index in [0.29, 0.717) is 0 Å². The normalized spacial score (nSPS) is 59.2. The third kappa shape index (κ3) is 1.32. The minimum atomic E-state index is 0.770. The molecule has 3 heteroatoms. The van der Waals surface area contributed by atoms with E-state index in [4.69, 9.17) is 0 Å². The zero-order valence-electron chi connectivity index (χ0n) is 13.1. The standard InChI is InChI=1S/C20H22N2S/c1-2-5-10(6-3-1)23-20-14-9-13-16-15(14)17-11-7-4-8-12(11)18(16)22(21-17)19(13)20/h1-6,8,11-21H,7,9H2/t11-,12+,13-,14+,15+,16-,17-,18+,19+,20-/m0/s1. The highest BCUT2D eigenvalue weighted by molar-refractivity contribution is 8.00. The predicted octanol–water partition coefficient (Wildman–Crippen LogP) is 3.17. The number of hydrogen-bond donors (Lipinski definition) is 1. The molecule has 7 aliphatic rings. The lowest BCUT2D eigenvalue weighted by Gasteiger charge is -2.55. The van der Waals surface area contributed by atoms with Crippen molar-refractivity contribution >= 4 is 11.8 Å². The van der Waals surface area contributed by atoms with Crippen LogP contribution in [0.25, 0.3) is 0 Å². The first-order chi connectivity index (χ1) is 11.4. The maximum Gasteiger partial charge on any atom is 0.0403 e. The van der Waals surface area contributed by atoms with Crippen LogP contribution < -0.4 is 5.43 Å². The summed E-state index contributed by atoms with van der Waals surface area (Å²) in [6.45, 7) is 0. The summed E-state index contributed by atoms with van der Waals surface area (Å²) in [6, 6.07) is 13.5. The van der Waals surface area contributed by atoms with Gasteiger partial charge < -0.3 is 0 Å². The van der Waals surface area contributed by atoms with E-state index in [1.54, 1.807) is 0 Å². The minimum absolute atomic E-state index is 0.770. The van der Waals surface area contributed by atoms with E-state index >= 15 is 0 Å². The van der Waals surface area contributed by atoms with Crippen LogP contribution in [-0.2, 0) is 0 Å². The minimum Gasteiger partial charge on any atom is -0.251 e. The molecule has 23 heavy (non-hydrogen) atoms. The van der Waals surface area contributed by atoms with Gasteiger partial charge in [-0.2, -0.15) is 0 Å². The van der Waals surface area contributed by atoms with Crippen LogP contribution in [0, 0.1) is 35.5 Å². The molecule has 3 saturated heterocycles. The van der Waals surface area contributed by atoms with E-state index in [1.807, 2.05) is 0 Å². The van der Waals surface area contributed by atoms with Crippen molar-refractivity contribution in [2.24, 2.45) is 35.5 Å². The van der Waals surface area contributed by atoms with Crippen LogP contribution in [0.2, 0.25) is 0 Å². The molecule has 1 unspecified atom stereocenters. The fraction of sp³-hybridized carbons (Fsp3) is 0.600. The Morgan fingerprint density at radius 2 is 1.91 bits per heavy atom. The van der Waals surface area contributed by atoms with Crippen molar-refractivity contribution in [3.63, 3.8) is 0 Å². The van der Waals surface area contributed by atoms with Gasteiger partial charge in [-0.25, -0.2) is 5.01 Å². The van der Waals surface area contributed by atoms with Crippen LogP contribution in [-0.4, -0.2) is 28.4 Å². The molecule has 1 aromatic carbocycles. The third-order valence-corrected chi connectivity index (χ3v) is 9.50. The van der Waals surface area contributed by atoms with Crippen molar-refractivity contribution in [2.75, 3.05) is 0 Å². The van der Waals surface area contributed by atoms with Gasteiger partial charge in [0.25, 0.3) is 0 Å². The Kier molecular flexibility index (Phi) is 2.22. The van der Waals surface area contributed by atoms with Gasteiger partial charge in [-0.1, -0.05) is 30.4 Å². The Morgan fingerprint density at radius 3 is 2.83 bits per heavy atom. The Labute approximate surface area is 141 Å². The molecule has 1 aromatic rings. The lowest BCUT2D eigenvalue weighted by Crippen LogP contribution is -2.68. The number of rotatable bonds is 2. The summed E-state index contributed by atoms with van der Waals surface area (Å²) in [4.78, 5) is 1.47. The van der Waals surface area contributed by atoms with Crippen LogP contribution in [0.15, 0.2) is 47.4 Å². The molecule has 3 heterocycles. The first kappa shape index (κ1) is 12.6. The number of hydrazine groups is 1. The molecule has 6 fully saturated rings. The van der Waals surface area contributed by atoms with E-state index in [1.165, 1.54) is 17.7 Å². The van der Waals surface area contributed by atoms with E-state index in [2.05, 4.69) is 64.7 Å². The highest BCUT2D eigenvalue weighted by atomic mass is 32.2. The first-order valence-electron chi connectivity index (χ1n) is 9.35. The van der Waals surface area contributed by atoms with Crippen molar-refractivity contribution in [1.29, 1.82) is 0 Å². The highest BCUT2D eigenvalue weighted by Crippen LogP contribution is 2.71. The van der Waals surface area contributed by atoms with Crippen molar-refractivity contribution < 1.29 is 0 Å². The summed E-state index contributed by atoms with van der Waals surface area (Å²) >= 11 is 2.18. The number of fused-ring (bicyclic) bond motifs is 1. The molecule has 11 atom stereocenters. The molecule has 0 radical (unpaired) electrons. The quantitative estimate of drug-likeness (QED) is 0.842. The monoisotopic (exact) mass is 322 g/mol. The molecule has 8 rings (SSSR count). The number of allylic oxidation sites excluding steroid dienone is 1. The predicted molar refractivity (Wildman–Crippen MR) is 91.7 cm³/mol. The van der Waals surface area contributed by atoms with Crippen LogP contribution in [0.4, 0.5) is 0 Å². The molecule has 6 bridgehead atoms. The second kappa shape index (κ2) is 4.07. The van der Waals surface area contributed by atoms with E-state index in [0.717, 1.165) is 58.9 Å². The summed E-state index contributed by atoms with van der Waals surface area (Å²) in [5.74, 6) is 5.65. The maximum absolute atomic E-state index is 4.03. The fourth-order valence-electron chi connectivity index (χ4n) is 7.66. The fourth-order valence-corrected chi connectivity index (χ4v) is 9.23. The number of nitrogens with zero attached hydrogens (tertiary/aromatic N) is 1. The Hall–Kier alpha value is -0.770. The van der Waals surface area contributed by atoms with Gasteiger partial charge in [0.1, 0.15) is 0 Å². The molecule has 118 valence electrons. The molecule has 1 N–H and O–H groups in total. The van der Waals surface area contributed by atoms with Crippen molar-refractivity contribution in [3.05, 3.63) is 42.5 Å². The summed E-state index contributed by atoms with van der Waals surface area (Å²) in [6.07, 6.45) is 7.89. The molecule has 0 spiro atoms. The summed E-state index contributed by atoms with van der Waals surface area (Å²) in [5, 5.41) is 3.59. The van der Waals surface area contributed by atoms with Gasteiger partial charge in [-0.3, -0.25) is 5.43 Å². The summed E-state index contributed by atoms with van der Waals surface area (Å²) < 4.78 is 0. The third-order valence-electron chi connectivity index (χ3n) is 8.06. The average molecular weight is 322 g/mol. The van der Waals surface area contributed by atoms with Gasteiger partial charge in [0, 0.05) is 28.3 Å². The van der Waals surface area contributed by atoms with E-state index < -0.39 is 0 Å². The van der Waals surface area contributed by atoms with Crippen molar-refractivity contribution in [1.82, 2.24) is 10.4 Å². The molecular formula is C20H22N2S. The molecule has 0 amide bonds. The van der Waals surface area contributed by atoms with Gasteiger partial charge in [0.05, 0.1) is 0 Å². The summed E-state index contributed by atoms with van der Waals surface area (Å²) in [7, 11) is 0. The highest BCUT2D eigenvalue weighted by Gasteiger charge is 2.76. The van der Waals surface area contributed by atoms with Gasteiger partial charge in [0.2, 0.25) is 0 Å². The largest absolute Gasteiger partial charge is 0.251 e. The molecule has 4 aliphatic carbocycles. The van der Waals surface area contributed by atoms with Crippen LogP contribution in [0.5, 0.6) is 0 Å². The lowest BCUT2D eigenvalue weighted by atomic mass is 9.60. The number of benzene rings is 1. The first-order valence-corrected chi connectivity index (χ1v) is 10.2. The maximum atomic E-state index is 4.03. The molecule has 3 saturated carbocycles. The lowest BCUT2D eigenvalue weighted by molar-refractivity contribution is -0.0779. The molecule has 0 aromatic heterocycles. The van der Waals surface area contributed by atoms with Gasteiger partial charge in [0.15, 0.2) is 0 Å². The van der Waals surface area contributed by atoms with Gasteiger partial charge in [-0.05, 0) is 60.5 Å². The molecular weight excluding hydrogens is 300 g/mol. The second-order valence-corrected chi connectivity index (χ2v) is 9.81. The van der Waals surface area contributed by atoms with Crippen molar-refractivity contribution in [3.8, 4) is 0 Å². The molecule has 2 nitrogen and oxygen atoms in total. The molecule has 3 aliphatic heterocycles. The van der Waals surface area contributed by atoms with Crippen molar-refractivity contribution in [2.45, 2.75) is 41.1 Å². The second-order valence-electron chi connectivity index (χ2n) is 8.56. The Morgan fingerprint density at radius 1 is 1.00 bits per heavy atom. The topological polar surface area (TPSA) is 15.3 Å². The summed E-state index contributed by atoms with van der Waals surface area (Å²) in [5.41, 5.74) is 4.03. The number of nitrogens with one attached hydrogen (secondary N) is 1. The van der Waals surface area contributed by atoms with Gasteiger partial charge in [-0.15, -0.1) is 11.8 Å². The van der Waals surface area contributed by atoms with Crippen LogP contribution in [0.1, 0.15) is 12.8 Å². The van der Waals surface area contributed by atoms with E-state index in [-0.39, 0.29) is 0 Å². The average Bonchev–Trinajstić information content (AvgIpc) is 3.29. The smallest absolute Gasteiger partial charge is 0.0403 e. The Balaban J connectivity index is 1.31. The van der Waals surface area contributed by atoms with Crippen LogP contribution >= 0.6 is 11.8 Å².